The summed E-state index contributed by atoms with van der Waals surface area (Å²) < 4.78 is 8.81. The Balaban J connectivity index is 1.14. The molecule has 0 saturated carbocycles. The van der Waals surface area contributed by atoms with Crippen LogP contribution in [0.25, 0.3) is 60.6 Å². The lowest BCUT2D eigenvalue weighted by atomic mass is 10.0. The second-order valence-corrected chi connectivity index (χ2v) is 12.6. The second-order valence-electron chi connectivity index (χ2n) is 12.6. The van der Waals surface area contributed by atoms with Gasteiger partial charge in [0, 0.05) is 49.5 Å². The Morgan fingerprint density at radius 3 is 1.90 bits per heavy atom. The summed E-state index contributed by atoms with van der Waals surface area (Å²) in [4.78, 5) is 10.3. The Morgan fingerprint density at radius 1 is 0.480 bits per heavy atom. The van der Waals surface area contributed by atoms with Crippen LogP contribution < -0.4 is 5.32 Å². The first kappa shape index (κ1) is 28.3. The van der Waals surface area contributed by atoms with Crippen LogP contribution >= 0.6 is 0 Å². The molecule has 5 nitrogen and oxygen atoms in total. The number of para-hydroxylation sites is 3. The van der Waals surface area contributed by atoms with Crippen LogP contribution in [0.5, 0.6) is 0 Å². The number of aromatic nitrogens is 1. The van der Waals surface area contributed by atoms with E-state index in [1.807, 2.05) is 48.5 Å². The van der Waals surface area contributed by atoms with Gasteiger partial charge in [-0.05, 0) is 35.9 Å². The van der Waals surface area contributed by atoms with Gasteiger partial charge in [-0.25, -0.2) is 9.98 Å². The molecule has 5 heteroatoms. The lowest BCUT2D eigenvalue weighted by molar-refractivity contribution is 0.670. The topological polar surface area (TPSA) is 54.8 Å². The minimum Gasteiger partial charge on any atom is -0.455 e. The zero-order valence-corrected chi connectivity index (χ0v) is 27.0. The second kappa shape index (κ2) is 11.5. The number of hydrogen-bond acceptors (Lipinski definition) is 4. The molecule has 0 unspecified atom stereocenters. The molecule has 0 spiro atoms. The van der Waals surface area contributed by atoms with Crippen LogP contribution in [0, 0.1) is 0 Å². The summed E-state index contributed by atoms with van der Waals surface area (Å²) in [5, 5.41) is 8.16. The van der Waals surface area contributed by atoms with Gasteiger partial charge in [-0.3, -0.25) is 0 Å². The third-order valence-electron chi connectivity index (χ3n) is 9.65. The molecule has 1 aliphatic rings. The molecular weight excluding hydrogens is 613 g/mol. The summed E-state index contributed by atoms with van der Waals surface area (Å²) >= 11 is 0. The fourth-order valence-electron chi connectivity index (χ4n) is 7.30. The monoisotopic (exact) mass is 642 g/mol. The molecule has 3 heterocycles. The molecule has 0 amide bonds. The number of aliphatic imine (C=N–C) groups is 2. The Labute approximate surface area is 288 Å². The maximum Gasteiger partial charge on any atom is 0.169 e. The number of hydrogen-bond donors (Lipinski definition) is 1. The van der Waals surface area contributed by atoms with Crippen LogP contribution in [0.1, 0.15) is 22.9 Å². The van der Waals surface area contributed by atoms with Crippen molar-refractivity contribution < 1.29 is 4.42 Å². The fourth-order valence-corrected chi connectivity index (χ4v) is 7.30. The van der Waals surface area contributed by atoms with Crippen molar-refractivity contribution in [1.82, 2.24) is 9.88 Å². The van der Waals surface area contributed by atoms with Crippen molar-refractivity contribution in [3.8, 4) is 16.8 Å². The van der Waals surface area contributed by atoms with Crippen LogP contribution in [-0.2, 0) is 0 Å². The molecule has 236 valence electrons. The Bertz CT molecular complexity index is 2740. The van der Waals surface area contributed by atoms with E-state index in [0.29, 0.717) is 0 Å². The third kappa shape index (κ3) is 4.63. The largest absolute Gasteiger partial charge is 0.455 e. The smallest absolute Gasteiger partial charge is 0.169 e. The van der Waals surface area contributed by atoms with Gasteiger partial charge in [-0.15, -0.1) is 0 Å². The predicted molar refractivity (Wildman–Crippen MR) is 205 cm³/mol. The van der Waals surface area contributed by atoms with Crippen molar-refractivity contribution in [3.63, 3.8) is 0 Å². The highest BCUT2D eigenvalue weighted by Gasteiger charge is 2.22. The van der Waals surface area contributed by atoms with E-state index < -0.39 is 6.17 Å². The van der Waals surface area contributed by atoms with Gasteiger partial charge in [0.2, 0.25) is 0 Å². The molecule has 0 bridgehead atoms. The molecule has 0 atom stereocenters. The van der Waals surface area contributed by atoms with Crippen molar-refractivity contribution in [2.45, 2.75) is 6.17 Å². The van der Waals surface area contributed by atoms with E-state index in [9.17, 15) is 0 Å². The summed E-state index contributed by atoms with van der Waals surface area (Å²) in [5.74, 6) is 1.60. The number of rotatable bonds is 5. The van der Waals surface area contributed by atoms with E-state index in [4.69, 9.17) is 14.4 Å². The maximum absolute atomic E-state index is 6.45. The van der Waals surface area contributed by atoms with Crippen molar-refractivity contribution in [2.24, 2.45) is 9.98 Å². The quantitative estimate of drug-likeness (QED) is 0.203. The van der Waals surface area contributed by atoms with E-state index in [1.165, 1.54) is 10.8 Å². The summed E-state index contributed by atoms with van der Waals surface area (Å²) in [6, 6.07) is 59.2. The molecule has 1 N–H and O–H groups in total. The van der Waals surface area contributed by atoms with Crippen molar-refractivity contribution in [3.05, 3.63) is 187 Å². The number of benzene rings is 7. The van der Waals surface area contributed by atoms with Gasteiger partial charge >= 0.3 is 0 Å². The lowest BCUT2D eigenvalue weighted by Crippen LogP contribution is -2.36. The van der Waals surface area contributed by atoms with Crippen molar-refractivity contribution in [1.29, 1.82) is 0 Å². The third-order valence-corrected chi connectivity index (χ3v) is 9.65. The average molecular weight is 643 g/mol. The van der Waals surface area contributed by atoms with E-state index in [1.54, 1.807) is 0 Å². The van der Waals surface area contributed by atoms with E-state index in [0.717, 1.165) is 78.1 Å². The summed E-state index contributed by atoms with van der Waals surface area (Å²) in [5.41, 5.74) is 10.4. The molecule has 0 saturated heterocycles. The van der Waals surface area contributed by atoms with Crippen molar-refractivity contribution >= 4 is 55.4 Å². The van der Waals surface area contributed by atoms with Crippen LogP contribution in [0.2, 0.25) is 0 Å². The lowest BCUT2D eigenvalue weighted by Gasteiger charge is -2.22. The van der Waals surface area contributed by atoms with E-state index in [2.05, 4.69) is 131 Å². The fraction of sp³-hybridized carbons (Fsp3) is 0.0222. The maximum atomic E-state index is 6.45. The Hall–Kier alpha value is -6.72. The number of nitrogens with zero attached hydrogens (tertiary/aromatic N) is 3. The van der Waals surface area contributed by atoms with Crippen LogP contribution in [-0.4, -0.2) is 16.2 Å². The summed E-state index contributed by atoms with van der Waals surface area (Å²) in [6.45, 7) is 0. The molecule has 10 rings (SSSR count). The van der Waals surface area contributed by atoms with Gasteiger partial charge < -0.3 is 14.3 Å². The highest BCUT2D eigenvalue weighted by atomic mass is 16.3. The first-order chi connectivity index (χ1) is 24.8. The molecular formula is C45H30N4O. The minimum absolute atomic E-state index is 0.420. The van der Waals surface area contributed by atoms with Crippen LogP contribution in [0.3, 0.4) is 0 Å². The minimum atomic E-state index is -0.420. The molecule has 0 aliphatic carbocycles. The van der Waals surface area contributed by atoms with Crippen molar-refractivity contribution in [2.75, 3.05) is 0 Å². The predicted octanol–water partition coefficient (Wildman–Crippen LogP) is 10.8. The van der Waals surface area contributed by atoms with Gasteiger partial charge in [0.25, 0.3) is 0 Å². The molecule has 1 aliphatic heterocycles. The van der Waals surface area contributed by atoms with Gasteiger partial charge in [-0.2, -0.15) is 0 Å². The SMILES string of the molecule is c1ccc(C2=NC(c3cccc(-n4c5ccccc5c5ccc(-c6cccc7c6oc6ccccc67)cc54)c3)N=C(c3ccccc3)N2)cc1. The standard InChI is InChI=1S/C45H30N4O/c1-3-13-29(14-4-1)43-46-44(30-15-5-2-6-16-30)48-45(47-43)32-17-11-18-33(27-32)49-39-23-9-7-19-35(39)36-26-25-31(28-40(36)49)34-21-12-22-38-37-20-8-10-24-41(37)50-42(34)38/h1-28,45H,(H,46,47,48). The van der Waals surface area contributed by atoms with Crippen LogP contribution in [0.15, 0.2) is 184 Å². The summed E-state index contributed by atoms with van der Waals surface area (Å²) in [6.07, 6.45) is -0.420. The number of fused-ring (bicyclic) bond motifs is 6. The number of nitrogens with one attached hydrogen (secondary N) is 1. The number of furan rings is 1. The van der Waals surface area contributed by atoms with Gasteiger partial charge in [-0.1, -0.05) is 140 Å². The van der Waals surface area contributed by atoms with Gasteiger partial charge in [0.15, 0.2) is 6.17 Å². The molecule has 7 aromatic carbocycles. The highest BCUT2D eigenvalue weighted by Crippen LogP contribution is 2.39. The molecule has 0 fully saturated rings. The van der Waals surface area contributed by atoms with Gasteiger partial charge in [0.1, 0.15) is 22.8 Å². The highest BCUT2D eigenvalue weighted by molar-refractivity contribution is 6.16. The molecule has 0 radical (unpaired) electrons. The number of amidine groups is 2. The zero-order valence-electron chi connectivity index (χ0n) is 27.0. The summed E-state index contributed by atoms with van der Waals surface area (Å²) in [7, 11) is 0. The first-order valence-corrected chi connectivity index (χ1v) is 16.9. The van der Waals surface area contributed by atoms with E-state index in [-0.39, 0.29) is 0 Å². The normalized spacial score (nSPS) is 13.5. The molecule has 50 heavy (non-hydrogen) atoms. The van der Waals surface area contributed by atoms with Gasteiger partial charge in [0.05, 0.1) is 11.0 Å². The average Bonchev–Trinajstić information content (AvgIpc) is 3.74. The van der Waals surface area contributed by atoms with E-state index >= 15 is 0 Å². The molecule has 2 aromatic heterocycles. The Kier molecular flexibility index (Phi) is 6.49. The first-order valence-electron chi connectivity index (χ1n) is 16.9. The zero-order chi connectivity index (χ0) is 33.0. The molecule has 9 aromatic rings. The van der Waals surface area contributed by atoms with Crippen LogP contribution in [0.4, 0.5) is 0 Å². The Morgan fingerprint density at radius 2 is 1.12 bits per heavy atom.